The van der Waals surface area contributed by atoms with Gasteiger partial charge in [-0.05, 0) is 24.1 Å². The van der Waals surface area contributed by atoms with Crippen molar-refractivity contribution in [3.63, 3.8) is 0 Å². The Morgan fingerprint density at radius 1 is 1.47 bits per heavy atom. The van der Waals surface area contributed by atoms with Gasteiger partial charge in [0.1, 0.15) is 5.75 Å². The van der Waals surface area contributed by atoms with Crippen LogP contribution in [0.1, 0.15) is 29.3 Å². The van der Waals surface area contributed by atoms with E-state index >= 15 is 0 Å². The quantitative estimate of drug-likeness (QED) is 0.607. The number of hydrogen-bond acceptors (Lipinski definition) is 2. The van der Waals surface area contributed by atoms with E-state index in [1.54, 1.807) is 7.11 Å². The molecular formula is C12H15BrO2. The Balaban J connectivity index is 3.05. The molecule has 0 saturated carbocycles. The molecule has 3 heteroatoms. The van der Waals surface area contributed by atoms with Crippen molar-refractivity contribution in [3.8, 4) is 5.75 Å². The first kappa shape index (κ1) is 12.2. The molecule has 0 aliphatic carbocycles. The highest BCUT2D eigenvalue weighted by molar-refractivity contribution is 9.09. The van der Waals surface area contributed by atoms with E-state index in [2.05, 4.69) is 22.9 Å². The van der Waals surface area contributed by atoms with E-state index in [0.717, 1.165) is 12.0 Å². The van der Waals surface area contributed by atoms with Crippen LogP contribution in [0.15, 0.2) is 18.2 Å². The van der Waals surface area contributed by atoms with Crippen LogP contribution in [0, 0.1) is 0 Å². The highest BCUT2D eigenvalue weighted by Gasteiger charge is 2.11. The molecule has 0 fully saturated rings. The van der Waals surface area contributed by atoms with Crippen LogP contribution in [0.4, 0.5) is 0 Å². The van der Waals surface area contributed by atoms with Crippen molar-refractivity contribution in [1.82, 2.24) is 0 Å². The second-order valence-electron chi connectivity index (χ2n) is 3.25. The van der Waals surface area contributed by atoms with Crippen LogP contribution in [0.25, 0.3) is 0 Å². The molecule has 1 aromatic rings. The molecule has 0 aliphatic rings. The topological polar surface area (TPSA) is 26.3 Å². The summed E-state index contributed by atoms with van der Waals surface area (Å²) in [4.78, 5) is 11.8. The number of methoxy groups -OCH3 is 1. The van der Waals surface area contributed by atoms with E-state index in [0.29, 0.717) is 23.1 Å². The van der Waals surface area contributed by atoms with E-state index in [-0.39, 0.29) is 5.78 Å². The predicted molar refractivity (Wildman–Crippen MR) is 65.1 cm³/mol. The Morgan fingerprint density at radius 3 is 2.73 bits per heavy atom. The Morgan fingerprint density at radius 2 is 2.20 bits per heavy atom. The third kappa shape index (κ3) is 3.06. The summed E-state index contributed by atoms with van der Waals surface area (Å²) in [5, 5.41) is 0.686. The molecule has 0 unspecified atom stereocenters. The molecule has 0 aliphatic heterocycles. The minimum atomic E-state index is 0.124. The standard InChI is InChI=1S/C12H15BrO2/c1-3-9-4-5-12(15-2)10(8-9)11(14)6-7-13/h4-5,8H,3,6-7H2,1-2H3. The van der Waals surface area contributed by atoms with Gasteiger partial charge in [0, 0.05) is 11.8 Å². The number of ketones is 1. The largest absolute Gasteiger partial charge is 0.496 e. The molecule has 0 N–H and O–H groups in total. The molecule has 1 aromatic carbocycles. The van der Waals surface area contributed by atoms with Crippen LogP contribution in [-0.4, -0.2) is 18.2 Å². The average Bonchev–Trinajstić information content (AvgIpc) is 2.28. The zero-order chi connectivity index (χ0) is 11.3. The predicted octanol–water partition coefficient (Wildman–Crippen LogP) is 3.23. The third-order valence-corrected chi connectivity index (χ3v) is 2.69. The minimum absolute atomic E-state index is 0.124. The fraction of sp³-hybridized carbons (Fsp3) is 0.417. The number of carbonyl (C=O) groups is 1. The lowest BCUT2D eigenvalue weighted by Gasteiger charge is -2.08. The first-order valence-electron chi connectivity index (χ1n) is 4.99. The SMILES string of the molecule is CCc1ccc(OC)c(C(=O)CCBr)c1. The van der Waals surface area contributed by atoms with E-state index in [1.165, 1.54) is 0 Å². The second kappa shape index (κ2) is 5.91. The number of aryl methyl sites for hydroxylation is 1. The Labute approximate surface area is 98.8 Å². The Bertz CT molecular complexity index is 347. The van der Waals surface area contributed by atoms with Gasteiger partial charge in [-0.1, -0.05) is 28.9 Å². The second-order valence-corrected chi connectivity index (χ2v) is 4.04. The number of carbonyl (C=O) groups excluding carboxylic acids is 1. The molecule has 0 saturated heterocycles. The molecular weight excluding hydrogens is 256 g/mol. The number of hydrogen-bond donors (Lipinski definition) is 0. The van der Waals surface area contributed by atoms with Gasteiger partial charge in [0.05, 0.1) is 12.7 Å². The number of halogens is 1. The van der Waals surface area contributed by atoms with Crippen LogP contribution in [0.3, 0.4) is 0 Å². The Hall–Kier alpha value is -0.830. The summed E-state index contributed by atoms with van der Waals surface area (Å²) in [7, 11) is 1.59. The number of ether oxygens (including phenoxy) is 1. The van der Waals surface area contributed by atoms with Crippen molar-refractivity contribution in [2.24, 2.45) is 0 Å². The van der Waals surface area contributed by atoms with Gasteiger partial charge in [-0.15, -0.1) is 0 Å². The summed E-state index contributed by atoms with van der Waals surface area (Å²) in [6, 6.07) is 5.77. The zero-order valence-electron chi connectivity index (χ0n) is 9.05. The molecule has 2 nitrogen and oxygen atoms in total. The van der Waals surface area contributed by atoms with Crippen LogP contribution >= 0.6 is 15.9 Å². The van der Waals surface area contributed by atoms with Crippen molar-refractivity contribution >= 4 is 21.7 Å². The molecule has 0 heterocycles. The van der Waals surface area contributed by atoms with Gasteiger partial charge in [-0.25, -0.2) is 0 Å². The van der Waals surface area contributed by atoms with E-state index in [1.807, 2.05) is 18.2 Å². The fourth-order valence-corrected chi connectivity index (χ4v) is 1.77. The maximum absolute atomic E-state index is 11.8. The van der Waals surface area contributed by atoms with Crippen LogP contribution < -0.4 is 4.74 Å². The molecule has 0 bridgehead atoms. The summed E-state index contributed by atoms with van der Waals surface area (Å²) in [6.45, 7) is 2.07. The van der Waals surface area contributed by atoms with Gasteiger partial charge < -0.3 is 4.74 Å². The highest BCUT2D eigenvalue weighted by Crippen LogP contribution is 2.22. The normalized spacial score (nSPS) is 10.1. The molecule has 15 heavy (non-hydrogen) atoms. The first-order valence-corrected chi connectivity index (χ1v) is 6.11. The zero-order valence-corrected chi connectivity index (χ0v) is 10.6. The molecule has 82 valence electrons. The molecule has 0 atom stereocenters. The van der Waals surface area contributed by atoms with Crippen LogP contribution in [-0.2, 0) is 6.42 Å². The fourth-order valence-electron chi connectivity index (χ4n) is 1.41. The molecule has 0 amide bonds. The summed E-state index contributed by atoms with van der Waals surface area (Å²) in [6.07, 6.45) is 1.43. The maximum atomic E-state index is 11.8. The summed E-state index contributed by atoms with van der Waals surface area (Å²) in [5.74, 6) is 0.789. The smallest absolute Gasteiger partial charge is 0.167 e. The number of benzene rings is 1. The van der Waals surface area contributed by atoms with E-state index < -0.39 is 0 Å². The number of alkyl halides is 1. The van der Waals surface area contributed by atoms with Crippen molar-refractivity contribution in [2.75, 3.05) is 12.4 Å². The number of Topliss-reactive ketones (excluding diaryl/α,β-unsaturated/α-hetero) is 1. The van der Waals surface area contributed by atoms with Gasteiger partial charge in [0.25, 0.3) is 0 Å². The van der Waals surface area contributed by atoms with Crippen molar-refractivity contribution in [1.29, 1.82) is 0 Å². The van der Waals surface area contributed by atoms with E-state index in [9.17, 15) is 4.79 Å². The summed E-state index contributed by atoms with van der Waals surface area (Å²) >= 11 is 3.27. The van der Waals surface area contributed by atoms with Crippen LogP contribution in [0.5, 0.6) is 5.75 Å². The molecule has 1 rings (SSSR count). The molecule has 0 radical (unpaired) electrons. The number of rotatable bonds is 5. The lowest BCUT2D eigenvalue weighted by atomic mass is 10.0. The van der Waals surface area contributed by atoms with Gasteiger partial charge in [-0.2, -0.15) is 0 Å². The Kier molecular flexibility index (Phi) is 4.82. The minimum Gasteiger partial charge on any atom is -0.496 e. The van der Waals surface area contributed by atoms with Gasteiger partial charge in [0.2, 0.25) is 0 Å². The average molecular weight is 271 g/mol. The van der Waals surface area contributed by atoms with Gasteiger partial charge in [0.15, 0.2) is 5.78 Å². The summed E-state index contributed by atoms with van der Waals surface area (Å²) in [5.41, 5.74) is 1.85. The lowest BCUT2D eigenvalue weighted by molar-refractivity contribution is 0.0987. The van der Waals surface area contributed by atoms with Crippen molar-refractivity contribution in [3.05, 3.63) is 29.3 Å². The maximum Gasteiger partial charge on any atom is 0.167 e. The lowest BCUT2D eigenvalue weighted by Crippen LogP contribution is -2.03. The molecule has 0 spiro atoms. The van der Waals surface area contributed by atoms with Crippen molar-refractivity contribution in [2.45, 2.75) is 19.8 Å². The highest BCUT2D eigenvalue weighted by atomic mass is 79.9. The van der Waals surface area contributed by atoms with Crippen LogP contribution in [0.2, 0.25) is 0 Å². The van der Waals surface area contributed by atoms with Gasteiger partial charge >= 0.3 is 0 Å². The summed E-state index contributed by atoms with van der Waals surface area (Å²) < 4.78 is 5.18. The van der Waals surface area contributed by atoms with Gasteiger partial charge in [-0.3, -0.25) is 4.79 Å². The van der Waals surface area contributed by atoms with E-state index in [4.69, 9.17) is 4.74 Å². The first-order chi connectivity index (χ1) is 7.22. The van der Waals surface area contributed by atoms with Crippen molar-refractivity contribution < 1.29 is 9.53 Å². The third-order valence-electron chi connectivity index (χ3n) is 2.29. The monoisotopic (exact) mass is 270 g/mol. The molecule has 0 aromatic heterocycles.